The quantitative estimate of drug-likeness (QED) is 0.382. The Balaban J connectivity index is 1.63. The van der Waals surface area contributed by atoms with E-state index in [-0.39, 0.29) is 25.1 Å². The molecular formula is C27H23FN2O5. The SMILES string of the molecule is CCOC(=O)c1ccc(N2C(=O)CC(N(Cc3ccccc3)C(=O)c3ccc(F)cc3)C2=O)cc1. The Bertz CT molecular complexity index is 1240. The molecular weight excluding hydrogens is 451 g/mol. The topological polar surface area (TPSA) is 84.0 Å². The number of imide groups is 1. The van der Waals surface area contributed by atoms with E-state index < -0.39 is 35.5 Å². The molecule has 178 valence electrons. The van der Waals surface area contributed by atoms with E-state index in [1.165, 1.54) is 53.4 Å². The summed E-state index contributed by atoms with van der Waals surface area (Å²) in [5, 5.41) is 0. The van der Waals surface area contributed by atoms with Crippen LogP contribution in [0.1, 0.15) is 39.6 Å². The van der Waals surface area contributed by atoms with Gasteiger partial charge in [0.1, 0.15) is 11.9 Å². The van der Waals surface area contributed by atoms with Crippen LogP contribution in [0.2, 0.25) is 0 Å². The number of ether oxygens (including phenoxy) is 1. The number of anilines is 1. The number of hydrogen-bond donors (Lipinski definition) is 0. The lowest BCUT2D eigenvalue weighted by Crippen LogP contribution is -2.45. The van der Waals surface area contributed by atoms with Gasteiger partial charge in [-0.15, -0.1) is 0 Å². The van der Waals surface area contributed by atoms with Gasteiger partial charge in [-0.1, -0.05) is 30.3 Å². The molecule has 0 radical (unpaired) electrons. The highest BCUT2D eigenvalue weighted by Gasteiger charge is 2.44. The number of benzene rings is 3. The third-order valence-corrected chi connectivity index (χ3v) is 5.68. The van der Waals surface area contributed by atoms with Gasteiger partial charge in [0.05, 0.1) is 24.3 Å². The first-order chi connectivity index (χ1) is 16.9. The van der Waals surface area contributed by atoms with E-state index in [2.05, 4.69) is 0 Å². The first-order valence-corrected chi connectivity index (χ1v) is 11.1. The predicted octanol–water partition coefficient (Wildman–Crippen LogP) is 3.98. The number of nitrogens with zero attached hydrogens (tertiary/aromatic N) is 2. The Kier molecular flexibility index (Phi) is 7.01. The smallest absolute Gasteiger partial charge is 0.338 e. The average Bonchev–Trinajstić information content (AvgIpc) is 3.17. The lowest BCUT2D eigenvalue weighted by Gasteiger charge is -2.28. The molecule has 1 atom stereocenters. The zero-order valence-corrected chi connectivity index (χ0v) is 19.0. The first-order valence-electron chi connectivity index (χ1n) is 11.1. The van der Waals surface area contributed by atoms with E-state index >= 15 is 0 Å². The van der Waals surface area contributed by atoms with Crippen molar-refractivity contribution in [1.29, 1.82) is 0 Å². The molecule has 4 rings (SSSR count). The van der Waals surface area contributed by atoms with Crippen molar-refractivity contribution in [3.63, 3.8) is 0 Å². The van der Waals surface area contributed by atoms with Crippen LogP contribution in [-0.2, 0) is 20.9 Å². The largest absolute Gasteiger partial charge is 0.462 e. The predicted molar refractivity (Wildman–Crippen MR) is 126 cm³/mol. The molecule has 1 aliphatic heterocycles. The molecule has 0 N–H and O–H groups in total. The number of rotatable bonds is 7. The fraction of sp³-hybridized carbons (Fsp3) is 0.185. The molecule has 8 heteroatoms. The van der Waals surface area contributed by atoms with Crippen molar-refractivity contribution in [3.05, 3.63) is 101 Å². The Morgan fingerprint density at radius 3 is 2.20 bits per heavy atom. The lowest BCUT2D eigenvalue weighted by atomic mass is 10.1. The number of carbonyl (C=O) groups excluding carboxylic acids is 4. The molecule has 0 saturated carbocycles. The van der Waals surface area contributed by atoms with Gasteiger partial charge in [0, 0.05) is 12.1 Å². The number of amides is 3. The van der Waals surface area contributed by atoms with Crippen LogP contribution in [-0.4, -0.2) is 41.2 Å². The first kappa shape index (κ1) is 23.8. The lowest BCUT2D eigenvalue weighted by molar-refractivity contribution is -0.122. The van der Waals surface area contributed by atoms with Crippen molar-refractivity contribution >= 4 is 29.4 Å². The standard InChI is InChI=1S/C27H23FN2O5/c1-2-35-27(34)20-10-14-22(15-11-20)30-24(31)16-23(26(30)33)29(17-18-6-4-3-5-7-18)25(32)19-8-12-21(28)13-9-19/h3-15,23H,2,16-17H2,1H3. The molecule has 0 spiro atoms. The van der Waals surface area contributed by atoms with Gasteiger partial charge in [0.2, 0.25) is 5.91 Å². The zero-order chi connectivity index (χ0) is 24.9. The van der Waals surface area contributed by atoms with Crippen molar-refractivity contribution < 1.29 is 28.3 Å². The number of carbonyl (C=O) groups is 4. The highest BCUT2D eigenvalue weighted by atomic mass is 19.1. The minimum Gasteiger partial charge on any atom is -0.462 e. The molecule has 1 aliphatic rings. The monoisotopic (exact) mass is 474 g/mol. The highest BCUT2D eigenvalue weighted by Crippen LogP contribution is 2.28. The Labute approximate surface area is 201 Å². The zero-order valence-electron chi connectivity index (χ0n) is 19.0. The van der Waals surface area contributed by atoms with Crippen LogP contribution in [0.4, 0.5) is 10.1 Å². The second-order valence-corrected chi connectivity index (χ2v) is 7.98. The summed E-state index contributed by atoms with van der Waals surface area (Å²) in [6.45, 7) is 2.02. The molecule has 1 unspecified atom stereocenters. The summed E-state index contributed by atoms with van der Waals surface area (Å²) in [5.41, 5.74) is 1.58. The van der Waals surface area contributed by atoms with Crippen LogP contribution >= 0.6 is 0 Å². The summed E-state index contributed by atoms with van der Waals surface area (Å²) in [4.78, 5) is 54.0. The van der Waals surface area contributed by atoms with Gasteiger partial charge in [-0.2, -0.15) is 0 Å². The van der Waals surface area contributed by atoms with E-state index in [4.69, 9.17) is 4.74 Å². The van der Waals surface area contributed by atoms with Crippen LogP contribution in [0, 0.1) is 5.82 Å². The maximum Gasteiger partial charge on any atom is 0.338 e. The van der Waals surface area contributed by atoms with E-state index in [9.17, 15) is 23.6 Å². The minimum absolute atomic E-state index is 0.0936. The van der Waals surface area contributed by atoms with Crippen LogP contribution in [0.3, 0.4) is 0 Å². The van der Waals surface area contributed by atoms with Gasteiger partial charge in [-0.25, -0.2) is 14.1 Å². The van der Waals surface area contributed by atoms with E-state index in [1.54, 1.807) is 6.92 Å². The van der Waals surface area contributed by atoms with Gasteiger partial charge < -0.3 is 9.64 Å². The molecule has 3 aromatic carbocycles. The Hall–Kier alpha value is -4.33. The summed E-state index contributed by atoms with van der Waals surface area (Å²) < 4.78 is 18.4. The van der Waals surface area contributed by atoms with Gasteiger partial charge in [-0.05, 0) is 61.0 Å². The molecule has 35 heavy (non-hydrogen) atoms. The summed E-state index contributed by atoms with van der Waals surface area (Å²) in [5.74, 6) is -2.49. The highest BCUT2D eigenvalue weighted by molar-refractivity contribution is 6.23. The van der Waals surface area contributed by atoms with E-state index in [1.807, 2.05) is 30.3 Å². The minimum atomic E-state index is -1.04. The molecule has 7 nitrogen and oxygen atoms in total. The fourth-order valence-electron chi connectivity index (χ4n) is 3.95. The molecule has 0 bridgehead atoms. The summed E-state index contributed by atoms with van der Waals surface area (Å²) in [6.07, 6.45) is -0.196. The van der Waals surface area contributed by atoms with Crippen molar-refractivity contribution in [3.8, 4) is 0 Å². The summed E-state index contributed by atoms with van der Waals surface area (Å²) in [6, 6.07) is 19.1. The molecule has 0 aliphatic carbocycles. The van der Waals surface area contributed by atoms with Gasteiger partial charge in [-0.3, -0.25) is 14.4 Å². The van der Waals surface area contributed by atoms with Gasteiger partial charge in [0.15, 0.2) is 0 Å². The van der Waals surface area contributed by atoms with Crippen LogP contribution in [0.25, 0.3) is 0 Å². The molecule has 0 aromatic heterocycles. The average molecular weight is 474 g/mol. The van der Waals surface area contributed by atoms with E-state index in [0.717, 1.165) is 10.5 Å². The second-order valence-electron chi connectivity index (χ2n) is 7.98. The molecule has 1 fully saturated rings. The Morgan fingerprint density at radius 1 is 0.943 bits per heavy atom. The molecule has 1 saturated heterocycles. The van der Waals surface area contributed by atoms with E-state index in [0.29, 0.717) is 11.3 Å². The van der Waals surface area contributed by atoms with Crippen LogP contribution < -0.4 is 4.90 Å². The maximum absolute atomic E-state index is 13.4. The number of halogens is 1. The van der Waals surface area contributed by atoms with Crippen LogP contribution in [0.15, 0.2) is 78.9 Å². The van der Waals surface area contributed by atoms with Crippen molar-refractivity contribution in [2.24, 2.45) is 0 Å². The third kappa shape index (κ3) is 5.11. The fourth-order valence-corrected chi connectivity index (χ4v) is 3.95. The van der Waals surface area contributed by atoms with Gasteiger partial charge >= 0.3 is 5.97 Å². The van der Waals surface area contributed by atoms with Crippen molar-refractivity contribution in [2.45, 2.75) is 25.9 Å². The summed E-state index contributed by atoms with van der Waals surface area (Å²) >= 11 is 0. The number of hydrogen-bond acceptors (Lipinski definition) is 5. The van der Waals surface area contributed by atoms with Crippen molar-refractivity contribution in [2.75, 3.05) is 11.5 Å². The maximum atomic E-state index is 13.4. The van der Waals surface area contributed by atoms with Gasteiger partial charge in [0.25, 0.3) is 11.8 Å². The Morgan fingerprint density at radius 2 is 1.57 bits per heavy atom. The second kappa shape index (κ2) is 10.3. The summed E-state index contributed by atoms with van der Waals surface area (Å²) in [7, 11) is 0. The molecule has 3 aromatic rings. The molecule has 3 amide bonds. The van der Waals surface area contributed by atoms with Crippen LogP contribution in [0.5, 0.6) is 0 Å². The normalized spacial score (nSPS) is 15.3. The molecule has 1 heterocycles. The number of esters is 1. The van der Waals surface area contributed by atoms with Crippen molar-refractivity contribution in [1.82, 2.24) is 4.90 Å². The third-order valence-electron chi connectivity index (χ3n) is 5.68.